The van der Waals surface area contributed by atoms with Crippen LogP contribution in [0.15, 0.2) is 24.3 Å². The van der Waals surface area contributed by atoms with Gasteiger partial charge in [-0.15, -0.1) is 0 Å². The van der Waals surface area contributed by atoms with E-state index in [1.54, 1.807) is 12.1 Å². The number of fused-ring (bicyclic) bond motifs is 2. The molecule has 1 aromatic rings. The van der Waals surface area contributed by atoms with Gasteiger partial charge >= 0.3 is 0 Å². The maximum absolute atomic E-state index is 13.8. The first-order valence-corrected chi connectivity index (χ1v) is 12.4. The number of amides is 1. The van der Waals surface area contributed by atoms with Crippen LogP contribution < -0.4 is 5.32 Å². The Hall–Kier alpha value is -1.91. The second kappa shape index (κ2) is 6.79. The number of carbonyl (C=O) groups excluding carboxylic acids is 1. The van der Waals surface area contributed by atoms with Gasteiger partial charge in [0.25, 0.3) is 5.69 Å². The van der Waals surface area contributed by atoms with Crippen LogP contribution in [0.4, 0.5) is 5.69 Å². The van der Waals surface area contributed by atoms with Gasteiger partial charge in [0.2, 0.25) is 5.91 Å². The molecule has 0 aliphatic heterocycles. The first-order chi connectivity index (χ1) is 14.9. The van der Waals surface area contributed by atoms with Crippen molar-refractivity contribution in [2.75, 3.05) is 0 Å². The number of hydrogen-bond donors (Lipinski definition) is 1. The quantitative estimate of drug-likeness (QED) is 0.512. The lowest BCUT2D eigenvalue weighted by Gasteiger charge is -2.61. The van der Waals surface area contributed by atoms with Crippen LogP contribution in [0.3, 0.4) is 0 Å². The molecule has 1 amide bonds. The summed E-state index contributed by atoms with van der Waals surface area (Å²) < 4.78 is 0. The van der Waals surface area contributed by atoms with E-state index >= 15 is 0 Å². The van der Waals surface area contributed by atoms with Crippen LogP contribution in [0.5, 0.6) is 0 Å². The van der Waals surface area contributed by atoms with Crippen molar-refractivity contribution < 1.29 is 9.72 Å². The number of carbonyl (C=O) groups is 1. The molecule has 5 heteroatoms. The van der Waals surface area contributed by atoms with E-state index in [1.165, 1.54) is 37.7 Å². The maximum Gasteiger partial charge on any atom is 0.269 e. The van der Waals surface area contributed by atoms with Gasteiger partial charge in [-0.1, -0.05) is 18.6 Å². The first kappa shape index (κ1) is 19.8. The third-order valence-corrected chi connectivity index (χ3v) is 10.0. The highest BCUT2D eigenvalue weighted by Gasteiger charge is 2.61. The summed E-state index contributed by atoms with van der Waals surface area (Å²) in [7, 11) is 0. The van der Waals surface area contributed by atoms with Gasteiger partial charge < -0.3 is 5.32 Å². The van der Waals surface area contributed by atoms with Gasteiger partial charge in [-0.05, 0) is 105 Å². The van der Waals surface area contributed by atoms with Crippen molar-refractivity contribution in [2.45, 2.75) is 82.6 Å². The van der Waals surface area contributed by atoms with E-state index in [-0.39, 0.29) is 27.5 Å². The van der Waals surface area contributed by atoms with Gasteiger partial charge in [-0.3, -0.25) is 14.9 Å². The Kier molecular flexibility index (Phi) is 4.33. The Bertz CT molecular complexity index is 896. The molecule has 7 rings (SSSR count). The highest BCUT2D eigenvalue weighted by atomic mass is 16.6. The van der Waals surface area contributed by atoms with E-state index in [1.807, 2.05) is 12.1 Å². The molecule has 2 unspecified atom stereocenters. The minimum Gasteiger partial charge on any atom is -0.353 e. The van der Waals surface area contributed by atoms with Crippen LogP contribution in [0.25, 0.3) is 0 Å². The molecule has 0 spiro atoms. The number of nitrogens with one attached hydrogen (secondary N) is 1. The lowest BCUT2D eigenvalue weighted by Crippen LogP contribution is -2.60. The highest BCUT2D eigenvalue weighted by molar-refractivity contribution is 5.84. The number of nitro groups is 1. The third-order valence-electron chi connectivity index (χ3n) is 10.0. The molecule has 6 fully saturated rings. The zero-order chi connectivity index (χ0) is 21.4. The molecule has 31 heavy (non-hydrogen) atoms. The predicted octanol–water partition coefficient (Wildman–Crippen LogP) is 5.37. The first-order valence-electron chi connectivity index (χ1n) is 12.4. The summed E-state index contributed by atoms with van der Waals surface area (Å²) in [6, 6.07) is 7.52. The van der Waals surface area contributed by atoms with E-state index in [9.17, 15) is 14.9 Å². The number of hydrogen-bond acceptors (Lipinski definition) is 3. The van der Waals surface area contributed by atoms with Crippen molar-refractivity contribution in [3.05, 3.63) is 39.9 Å². The minimum absolute atomic E-state index is 0.0201. The molecule has 166 valence electrons. The van der Waals surface area contributed by atoms with Gasteiger partial charge in [-0.2, -0.15) is 0 Å². The summed E-state index contributed by atoms with van der Waals surface area (Å²) in [6.07, 6.45) is 11.9. The normalized spacial score (nSPS) is 43.2. The van der Waals surface area contributed by atoms with Crippen LogP contribution >= 0.6 is 0 Å². The molecule has 0 heterocycles. The van der Waals surface area contributed by atoms with Crippen molar-refractivity contribution in [2.24, 2.45) is 35.0 Å². The van der Waals surface area contributed by atoms with Crippen LogP contribution in [0, 0.1) is 45.1 Å². The van der Waals surface area contributed by atoms with E-state index in [4.69, 9.17) is 0 Å². The SMILES string of the molecule is C[C@@H](NC(=O)C12C[C@H]3C[C@@H](C1)CC(c1ccc([N+](=O)[O-])cc1)(C3)C2)[C@H]1C[C@H]2CC[C@H]1C2. The fourth-order valence-electron chi connectivity index (χ4n) is 9.18. The Morgan fingerprint density at radius 2 is 1.74 bits per heavy atom. The van der Waals surface area contributed by atoms with Crippen LogP contribution in [0.2, 0.25) is 0 Å². The second-order valence-corrected chi connectivity index (χ2v) is 11.9. The standard InChI is InChI=1S/C26H34N2O3/c1-16(23-10-17-2-3-20(23)9-17)27-24(29)26-13-18-8-19(14-26)12-25(11-18,15-26)21-4-6-22(7-5-21)28(30)31/h4-7,16-20,23H,2-3,8-15H2,1H3,(H,27,29)/t16-,17+,18-,19+,20+,23-,25?,26?/m1/s1. The maximum atomic E-state index is 13.8. The van der Waals surface area contributed by atoms with Crippen molar-refractivity contribution in [1.82, 2.24) is 5.32 Å². The van der Waals surface area contributed by atoms with Crippen molar-refractivity contribution in [3.63, 3.8) is 0 Å². The lowest BCUT2D eigenvalue weighted by atomic mass is 9.42. The van der Waals surface area contributed by atoms with Crippen LogP contribution in [-0.2, 0) is 10.2 Å². The number of rotatable bonds is 5. The molecule has 6 aliphatic carbocycles. The fraction of sp³-hybridized carbons (Fsp3) is 0.731. The number of non-ortho nitro benzene ring substituents is 1. The number of benzene rings is 1. The molecular weight excluding hydrogens is 388 g/mol. The average Bonchev–Trinajstić information content (AvgIpc) is 3.36. The Balaban J connectivity index is 1.24. The Morgan fingerprint density at radius 1 is 1.03 bits per heavy atom. The van der Waals surface area contributed by atoms with Crippen molar-refractivity contribution in [1.29, 1.82) is 0 Å². The monoisotopic (exact) mass is 422 g/mol. The summed E-state index contributed by atoms with van der Waals surface area (Å²) >= 11 is 0. The smallest absolute Gasteiger partial charge is 0.269 e. The molecule has 0 aromatic heterocycles. The lowest BCUT2D eigenvalue weighted by molar-refractivity contribution is -0.384. The zero-order valence-corrected chi connectivity index (χ0v) is 18.5. The largest absolute Gasteiger partial charge is 0.353 e. The van der Waals surface area contributed by atoms with Crippen LogP contribution in [0.1, 0.15) is 76.7 Å². The van der Waals surface area contributed by atoms with E-state index in [2.05, 4.69) is 12.2 Å². The molecule has 0 radical (unpaired) electrons. The second-order valence-electron chi connectivity index (χ2n) is 11.9. The summed E-state index contributed by atoms with van der Waals surface area (Å²) in [5, 5.41) is 14.6. The fourth-order valence-corrected chi connectivity index (χ4v) is 9.18. The predicted molar refractivity (Wildman–Crippen MR) is 118 cm³/mol. The molecule has 6 saturated carbocycles. The van der Waals surface area contributed by atoms with Crippen molar-refractivity contribution in [3.8, 4) is 0 Å². The summed E-state index contributed by atoms with van der Waals surface area (Å²) in [4.78, 5) is 24.6. The van der Waals surface area contributed by atoms with E-state index in [0.717, 1.165) is 43.9 Å². The van der Waals surface area contributed by atoms with Gasteiger partial charge in [0, 0.05) is 18.2 Å². The minimum atomic E-state index is -0.324. The number of nitro benzene ring substituents is 1. The molecule has 1 aromatic carbocycles. The summed E-state index contributed by atoms with van der Waals surface area (Å²) in [6.45, 7) is 2.25. The summed E-state index contributed by atoms with van der Waals surface area (Å²) in [5.41, 5.74) is 1.15. The van der Waals surface area contributed by atoms with E-state index < -0.39 is 0 Å². The molecule has 6 aliphatic rings. The molecule has 0 saturated heterocycles. The van der Waals surface area contributed by atoms with Crippen molar-refractivity contribution >= 4 is 11.6 Å². The topological polar surface area (TPSA) is 72.2 Å². The van der Waals surface area contributed by atoms with Gasteiger partial charge in [0.1, 0.15) is 0 Å². The zero-order valence-electron chi connectivity index (χ0n) is 18.5. The Labute approximate surface area is 184 Å². The van der Waals surface area contributed by atoms with Gasteiger partial charge in [-0.25, -0.2) is 0 Å². The highest BCUT2D eigenvalue weighted by Crippen LogP contribution is 2.66. The summed E-state index contributed by atoms with van der Waals surface area (Å²) in [5.74, 6) is 3.92. The van der Waals surface area contributed by atoms with Gasteiger partial charge in [0.05, 0.1) is 10.3 Å². The molecular formula is C26H34N2O3. The molecule has 8 atom stereocenters. The van der Waals surface area contributed by atoms with E-state index in [0.29, 0.717) is 23.7 Å². The molecule has 1 N–H and O–H groups in total. The van der Waals surface area contributed by atoms with Gasteiger partial charge in [0.15, 0.2) is 0 Å². The van der Waals surface area contributed by atoms with Crippen LogP contribution in [-0.4, -0.2) is 16.9 Å². The third kappa shape index (κ3) is 3.06. The average molecular weight is 423 g/mol. The molecule has 6 bridgehead atoms. The number of nitrogens with zero attached hydrogens (tertiary/aromatic N) is 1. The Morgan fingerprint density at radius 3 is 2.32 bits per heavy atom. The molecule has 5 nitrogen and oxygen atoms in total.